The summed E-state index contributed by atoms with van der Waals surface area (Å²) in [5.41, 5.74) is 4.04. The van der Waals surface area contributed by atoms with Gasteiger partial charge in [0.25, 0.3) is 0 Å². The van der Waals surface area contributed by atoms with Gasteiger partial charge < -0.3 is 0 Å². The first kappa shape index (κ1) is 12.0. The lowest BCUT2D eigenvalue weighted by atomic mass is 9.75. The molecule has 0 atom stereocenters. The Balaban J connectivity index is 1.70. The molecule has 0 nitrogen and oxygen atoms in total. The summed E-state index contributed by atoms with van der Waals surface area (Å²) in [7, 11) is 0. The van der Waals surface area contributed by atoms with Crippen LogP contribution in [0.15, 0.2) is 60.7 Å². The van der Waals surface area contributed by atoms with E-state index >= 15 is 0 Å². The second kappa shape index (κ2) is 4.00. The van der Waals surface area contributed by atoms with Crippen molar-refractivity contribution in [2.75, 3.05) is 0 Å². The Bertz CT molecular complexity index is 595. The smallest absolute Gasteiger partial charge is 0.0270 e. The molecule has 106 valence electrons. The minimum Gasteiger partial charge on any atom is -0.0622 e. The van der Waals surface area contributed by atoms with Crippen molar-refractivity contribution in [2.45, 2.75) is 37.5 Å². The molecule has 2 aromatic rings. The van der Waals surface area contributed by atoms with Crippen molar-refractivity contribution in [3.8, 4) is 0 Å². The van der Waals surface area contributed by atoms with Crippen molar-refractivity contribution in [2.24, 2.45) is 17.3 Å². The summed E-state index contributed by atoms with van der Waals surface area (Å²) in [5, 5.41) is 0. The third-order valence-electron chi connectivity index (χ3n) is 6.37. The van der Waals surface area contributed by atoms with E-state index in [1.807, 2.05) is 0 Å². The normalized spacial score (nSPS) is 25.5. The van der Waals surface area contributed by atoms with Crippen LogP contribution >= 0.6 is 0 Å². The Hall–Kier alpha value is -1.56. The molecule has 21 heavy (non-hydrogen) atoms. The predicted molar refractivity (Wildman–Crippen MR) is 86.2 cm³/mol. The highest BCUT2D eigenvalue weighted by atomic mass is 14.8. The minimum absolute atomic E-state index is 0.317. The highest BCUT2D eigenvalue weighted by Crippen LogP contribution is 2.82. The molecule has 3 saturated carbocycles. The maximum Gasteiger partial charge on any atom is 0.0270 e. The molecule has 0 radical (unpaired) electrons. The Kier molecular flexibility index (Phi) is 2.29. The van der Waals surface area contributed by atoms with Crippen LogP contribution in [0.1, 0.15) is 43.2 Å². The molecule has 0 spiro atoms. The molecular weight excluding hydrogens is 252 g/mol. The van der Waals surface area contributed by atoms with E-state index < -0.39 is 0 Å². The topological polar surface area (TPSA) is 0 Å². The van der Waals surface area contributed by atoms with Gasteiger partial charge >= 0.3 is 0 Å². The van der Waals surface area contributed by atoms with Crippen LogP contribution in [0.2, 0.25) is 0 Å². The second-order valence-electron chi connectivity index (χ2n) is 7.40. The lowest BCUT2D eigenvalue weighted by Gasteiger charge is -2.27. The summed E-state index contributed by atoms with van der Waals surface area (Å²) >= 11 is 0. The second-order valence-corrected chi connectivity index (χ2v) is 7.40. The van der Waals surface area contributed by atoms with Crippen LogP contribution in [0.25, 0.3) is 0 Å². The Morgan fingerprint density at radius 3 is 1.43 bits per heavy atom. The van der Waals surface area contributed by atoms with Crippen LogP contribution in [-0.4, -0.2) is 0 Å². The van der Waals surface area contributed by atoms with Crippen LogP contribution in [-0.2, 0) is 5.41 Å². The molecule has 3 aliphatic carbocycles. The van der Waals surface area contributed by atoms with E-state index in [0.29, 0.717) is 10.8 Å². The van der Waals surface area contributed by atoms with Gasteiger partial charge in [-0.1, -0.05) is 60.7 Å². The van der Waals surface area contributed by atoms with Gasteiger partial charge in [-0.25, -0.2) is 0 Å². The lowest BCUT2D eigenvalue weighted by molar-refractivity contribution is 0.333. The predicted octanol–water partition coefficient (Wildman–Crippen LogP) is 5.18. The molecule has 3 fully saturated rings. The number of rotatable bonds is 4. The Morgan fingerprint density at radius 2 is 1.05 bits per heavy atom. The van der Waals surface area contributed by atoms with Crippen molar-refractivity contribution in [3.63, 3.8) is 0 Å². The van der Waals surface area contributed by atoms with E-state index in [1.165, 1.54) is 32.1 Å². The van der Waals surface area contributed by atoms with Gasteiger partial charge in [-0.2, -0.15) is 0 Å². The molecule has 3 aliphatic rings. The van der Waals surface area contributed by atoms with Gasteiger partial charge in [0, 0.05) is 5.41 Å². The van der Waals surface area contributed by atoms with E-state index in [0.717, 1.165) is 11.8 Å². The lowest BCUT2D eigenvalue weighted by Crippen LogP contribution is -2.24. The van der Waals surface area contributed by atoms with Crippen molar-refractivity contribution in [3.05, 3.63) is 71.8 Å². The number of benzene rings is 2. The first-order valence-electron chi connectivity index (χ1n) is 8.49. The first-order chi connectivity index (χ1) is 10.4. The Labute approximate surface area is 127 Å². The molecule has 0 saturated heterocycles. The Morgan fingerprint density at radius 1 is 0.619 bits per heavy atom. The van der Waals surface area contributed by atoms with E-state index in [2.05, 4.69) is 60.7 Å². The fourth-order valence-electron chi connectivity index (χ4n) is 5.26. The zero-order valence-electron chi connectivity index (χ0n) is 12.5. The summed E-state index contributed by atoms with van der Waals surface area (Å²) < 4.78 is 0. The van der Waals surface area contributed by atoms with Crippen LogP contribution < -0.4 is 0 Å². The average Bonchev–Trinajstić information content (AvgIpc) is 3.39. The zero-order valence-corrected chi connectivity index (χ0v) is 12.5. The molecule has 5 rings (SSSR count). The molecule has 2 aromatic carbocycles. The van der Waals surface area contributed by atoms with Crippen LogP contribution in [0.5, 0.6) is 0 Å². The summed E-state index contributed by atoms with van der Waals surface area (Å²) in [6.45, 7) is 0. The molecule has 0 bridgehead atoms. The SMILES string of the molecule is c1ccc(C2(c3ccccc3)CC2(C2CC2)C2CC2)cc1. The molecule has 0 heterocycles. The molecule has 0 aromatic heterocycles. The fourth-order valence-corrected chi connectivity index (χ4v) is 5.26. The van der Waals surface area contributed by atoms with Crippen molar-refractivity contribution in [1.29, 1.82) is 0 Å². The van der Waals surface area contributed by atoms with E-state index in [9.17, 15) is 0 Å². The largest absolute Gasteiger partial charge is 0.0622 e. The quantitative estimate of drug-likeness (QED) is 0.720. The third-order valence-corrected chi connectivity index (χ3v) is 6.37. The third kappa shape index (κ3) is 1.51. The van der Waals surface area contributed by atoms with Crippen molar-refractivity contribution < 1.29 is 0 Å². The van der Waals surface area contributed by atoms with Gasteiger partial charge in [0.15, 0.2) is 0 Å². The highest BCUT2D eigenvalue weighted by molar-refractivity contribution is 5.53. The van der Waals surface area contributed by atoms with Crippen molar-refractivity contribution >= 4 is 0 Å². The first-order valence-corrected chi connectivity index (χ1v) is 8.49. The minimum atomic E-state index is 0.317. The maximum atomic E-state index is 2.37. The molecule has 0 unspecified atom stereocenters. The van der Waals surface area contributed by atoms with Gasteiger partial charge in [0.05, 0.1) is 0 Å². The van der Waals surface area contributed by atoms with Crippen molar-refractivity contribution in [1.82, 2.24) is 0 Å². The fraction of sp³-hybridized carbons (Fsp3) is 0.429. The van der Waals surface area contributed by atoms with Gasteiger partial charge in [-0.05, 0) is 60.5 Å². The molecule has 0 aliphatic heterocycles. The summed E-state index contributed by atoms with van der Waals surface area (Å²) in [6.07, 6.45) is 7.27. The summed E-state index contributed by atoms with van der Waals surface area (Å²) in [4.78, 5) is 0. The monoisotopic (exact) mass is 274 g/mol. The van der Waals surface area contributed by atoms with Crippen LogP contribution in [0.4, 0.5) is 0 Å². The molecule has 0 N–H and O–H groups in total. The van der Waals surface area contributed by atoms with E-state index in [1.54, 1.807) is 11.1 Å². The van der Waals surface area contributed by atoms with Crippen LogP contribution in [0, 0.1) is 17.3 Å². The summed E-state index contributed by atoms with van der Waals surface area (Å²) in [5.74, 6) is 1.98. The van der Waals surface area contributed by atoms with E-state index in [-0.39, 0.29) is 0 Å². The van der Waals surface area contributed by atoms with Crippen LogP contribution in [0.3, 0.4) is 0 Å². The molecular formula is C21H22. The van der Waals surface area contributed by atoms with Gasteiger partial charge in [0.1, 0.15) is 0 Å². The zero-order chi connectivity index (χ0) is 13.9. The van der Waals surface area contributed by atoms with Gasteiger partial charge in [0.2, 0.25) is 0 Å². The van der Waals surface area contributed by atoms with E-state index in [4.69, 9.17) is 0 Å². The summed E-state index contributed by atoms with van der Waals surface area (Å²) in [6, 6.07) is 22.7. The van der Waals surface area contributed by atoms with Gasteiger partial charge in [-0.3, -0.25) is 0 Å². The highest BCUT2D eigenvalue weighted by Gasteiger charge is 2.77. The molecule has 0 amide bonds. The molecule has 0 heteroatoms. The standard InChI is InChI=1S/C21H22/c1-3-7-16(8-4-1)20(17-9-5-2-6-10-17)15-21(20,18-11-12-18)19-13-14-19/h1-10,18-19H,11-15H2. The number of hydrogen-bond acceptors (Lipinski definition) is 0. The average molecular weight is 274 g/mol. The van der Waals surface area contributed by atoms with Gasteiger partial charge in [-0.15, -0.1) is 0 Å². The maximum absolute atomic E-state index is 2.37. The number of hydrogen-bond donors (Lipinski definition) is 0.